The van der Waals surface area contributed by atoms with Gasteiger partial charge in [0, 0.05) is 36.8 Å². The zero-order valence-corrected chi connectivity index (χ0v) is 10.3. The van der Waals surface area contributed by atoms with Crippen LogP contribution in [-0.2, 0) is 0 Å². The fourth-order valence-electron chi connectivity index (χ4n) is 3.11. The van der Waals surface area contributed by atoms with Gasteiger partial charge in [-0.05, 0) is 36.6 Å². The lowest BCUT2D eigenvalue weighted by atomic mass is 9.78. The lowest BCUT2D eigenvalue weighted by Crippen LogP contribution is -2.44. The van der Waals surface area contributed by atoms with E-state index in [1.807, 2.05) is 6.07 Å². The SMILES string of the molecule is CN1CC2CCNCC2c2ccc(Cl)cc21. The summed E-state index contributed by atoms with van der Waals surface area (Å²) in [7, 11) is 2.17. The highest BCUT2D eigenvalue weighted by Gasteiger charge is 2.33. The molecule has 1 fully saturated rings. The second-order valence-corrected chi connectivity index (χ2v) is 5.38. The third kappa shape index (κ3) is 1.61. The normalized spacial score (nSPS) is 28.5. The van der Waals surface area contributed by atoms with Gasteiger partial charge in [-0.25, -0.2) is 0 Å². The number of anilines is 1. The summed E-state index contributed by atoms with van der Waals surface area (Å²) in [6.07, 6.45) is 1.29. The van der Waals surface area contributed by atoms with Crippen LogP contribution in [0.1, 0.15) is 17.9 Å². The van der Waals surface area contributed by atoms with Gasteiger partial charge in [0.25, 0.3) is 0 Å². The Balaban J connectivity index is 2.04. The first-order valence-corrected chi connectivity index (χ1v) is 6.35. The van der Waals surface area contributed by atoms with Crippen molar-refractivity contribution in [1.82, 2.24) is 5.32 Å². The molecular formula is C13H17ClN2. The second-order valence-electron chi connectivity index (χ2n) is 4.94. The molecule has 0 bridgehead atoms. The van der Waals surface area contributed by atoms with Crippen LogP contribution in [0, 0.1) is 5.92 Å². The summed E-state index contributed by atoms with van der Waals surface area (Å²) >= 11 is 6.07. The standard InChI is InChI=1S/C13H17ClN2/c1-16-8-9-4-5-15-7-12(9)11-3-2-10(14)6-13(11)16/h2-3,6,9,12,15H,4-5,7-8H2,1H3. The average molecular weight is 237 g/mol. The van der Waals surface area contributed by atoms with Crippen molar-refractivity contribution >= 4 is 17.3 Å². The van der Waals surface area contributed by atoms with Crippen molar-refractivity contribution in [3.05, 3.63) is 28.8 Å². The molecule has 1 aromatic rings. The first-order chi connectivity index (χ1) is 7.75. The zero-order chi connectivity index (χ0) is 11.1. The van der Waals surface area contributed by atoms with E-state index in [9.17, 15) is 0 Å². The van der Waals surface area contributed by atoms with Gasteiger partial charge < -0.3 is 10.2 Å². The summed E-state index contributed by atoms with van der Waals surface area (Å²) in [5, 5.41) is 4.34. The molecule has 0 spiro atoms. The monoisotopic (exact) mass is 236 g/mol. The van der Waals surface area contributed by atoms with Crippen molar-refractivity contribution in [3.8, 4) is 0 Å². The van der Waals surface area contributed by atoms with Crippen molar-refractivity contribution < 1.29 is 0 Å². The highest BCUT2D eigenvalue weighted by molar-refractivity contribution is 6.30. The Hall–Kier alpha value is -0.730. The largest absolute Gasteiger partial charge is 0.374 e. The smallest absolute Gasteiger partial charge is 0.0426 e. The van der Waals surface area contributed by atoms with Gasteiger partial charge in [-0.15, -0.1) is 0 Å². The third-order valence-corrected chi connectivity index (χ3v) is 4.17. The Bertz CT molecular complexity index is 405. The van der Waals surface area contributed by atoms with E-state index in [0.29, 0.717) is 5.92 Å². The Morgan fingerprint density at radius 1 is 1.44 bits per heavy atom. The first kappa shape index (κ1) is 10.4. The van der Waals surface area contributed by atoms with E-state index in [-0.39, 0.29) is 0 Å². The number of fused-ring (bicyclic) bond motifs is 3. The molecule has 1 aromatic carbocycles. The van der Waals surface area contributed by atoms with E-state index in [4.69, 9.17) is 11.6 Å². The molecule has 1 N–H and O–H groups in total. The molecule has 16 heavy (non-hydrogen) atoms. The maximum atomic E-state index is 6.07. The van der Waals surface area contributed by atoms with E-state index in [2.05, 4.69) is 29.4 Å². The molecule has 3 heteroatoms. The van der Waals surface area contributed by atoms with Crippen LogP contribution < -0.4 is 10.2 Å². The number of nitrogens with zero attached hydrogens (tertiary/aromatic N) is 1. The Morgan fingerprint density at radius 2 is 2.31 bits per heavy atom. The fourth-order valence-corrected chi connectivity index (χ4v) is 3.27. The van der Waals surface area contributed by atoms with Gasteiger partial charge in [0.15, 0.2) is 0 Å². The van der Waals surface area contributed by atoms with Gasteiger partial charge in [0.05, 0.1) is 0 Å². The van der Waals surface area contributed by atoms with Gasteiger partial charge in [0.2, 0.25) is 0 Å². The Morgan fingerprint density at radius 3 is 3.19 bits per heavy atom. The van der Waals surface area contributed by atoms with E-state index >= 15 is 0 Å². The molecule has 0 aliphatic carbocycles. The molecule has 2 unspecified atom stereocenters. The van der Waals surface area contributed by atoms with Crippen LogP contribution in [-0.4, -0.2) is 26.7 Å². The molecule has 3 rings (SSSR count). The summed E-state index contributed by atoms with van der Waals surface area (Å²) < 4.78 is 0. The molecule has 86 valence electrons. The van der Waals surface area contributed by atoms with Crippen LogP contribution in [0.4, 0.5) is 5.69 Å². The maximum Gasteiger partial charge on any atom is 0.0426 e. The minimum absolute atomic E-state index is 0.678. The number of benzene rings is 1. The Labute approximate surface area is 102 Å². The summed E-state index contributed by atoms with van der Waals surface area (Å²) in [6, 6.07) is 6.32. The van der Waals surface area contributed by atoms with Crippen LogP contribution in [0.15, 0.2) is 18.2 Å². The van der Waals surface area contributed by atoms with E-state index in [0.717, 1.165) is 24.0 Å². The predicted octanol–water partition coefficient (Wildman–Crippen LogP) is 2.48. The molecule has 2 heterocycles. The van der Waals surface area contributed by atoms with Crippen LogP contribution in [0.5, 0.6) is 0 Å². The van der Waals surface area contributed by atoms with Gasteiger partial charge in [0.1, 0.15) is 0 Å². The predicted molar refractivity (Wildman–Crippen MR) is 68.4 cm³/mol. The summed E-state index contributed by atoms with van der Waals surface area (Å²) in [6.45, 7) is 3.45. The Kier molecular flexibility index (Phi) is 2.56. The third-order valence-electron chi connectivity index (χ3n) is 3.94. The molecule has 2 atom stereocenters. The zero-order valence-electron chi connectivity index (χ0n) is 9.54. The van der Waals surface area contributed by atoms with E-state index < -0.39 is 0 Å². The van der Waals surface area contributed by atoms with Crippen molar-refractivity contribution in [2.45, 2.75) is 12.3 Å². The number of nitrogens with one attached hydrogen (secondary N) is 1. The maximum absolute atomic E-state index is 6.07. The summed E-state index contributed by atoms with van der Waals surface area (Å²) in [5.41, 5.74) is 2.79. The molecule has 0 saturated carbocycles. The van der Waals surface area contributed by atoms with Crippen molar-refractivity contribution in [2.75, 3.05) is 31.6 Å². The summed E-state index contributed by atoms with van der Waals surface area (Å²) in [4.78, 5) is 2.35. The summed E-state index contributed by atoms with van der Waals surface area (Å²) in [5.74, 6) is 1.48. The molecular weight excluding hydrogens is 220 g/mol. The highest BCUT2D eigenvalue weighted by atomic mass is 35.5. The van der Waals surface area contributed by atoms with Crippen molar-refractivity contribution in [3.63, 3.8) is 0 Å². The quantitative estimate of drug-likeness (QED) is 0.745. The molecule has 0 radical (unpaired) electrons. The average Bonchev–Trinajstić information content (AvgIpc) is 2.29. The van der Waals surface area contributed by atoms with Gasteiger partial charge in [-0.1, -0.05) is 17.7 Å². The van der Waals surface area contributed by atoms with E-state index in [1.165, 1.54) is 24.2 Å². The van der Waals surface area contributed by atoms with Crippen LogP contribution in [0.25, 0.3) is 0 Å². The van der Waals surface area contributed by atoms with E-state index in [1.54, 1.807) is 0 Å². The topological polar surface area (TPSA) is 15.3 Å². The molecule has 0 aromatic heterocycles. The molecule has 2 aliphatic heterocycles. The molecule has 2 nitrogen and oxygen atoms in total. The molecule has 1 saturated heterocycles. The molecule has 2 aliphatic rings. The number of piperidine rings is 1. The second kappa shape index (κ2) is 3.94. The minimum atomic E-state index is 0.678. The number of rotatable bonds is 0. The number of halogens is 1. The van der Waals surface area contributed by atoms with Gasteiger partial charge in [-0.2, -0.15) is 0 Å². The van der Waals surface area contributed by atoms with Crippen LogP contribution >= 0.6 is 11.6 Å². The lowest BCUT2D eigenvalue weighted by Gasteiger charge is -2.42. The van der Waals surface area contributed by atoms with Crippen molar-refractivity contribution in [1.29, 1.82) is 0 Å². The van der Waals surface area contributed by atoms with Gasteiger partial charge >= 0.3 is 0 Å². The number of hydrogen-bond donors (Lipinski definition) is 1. The van der Waals surface area contributed by atoms with Gasteiger partial charge in [-0.3, -0.25) is 0 Å². The lowest BCUT2D eigenvalue weighted by molar-refractivity contribution is 0.317. The highest BCUT2D eigenvalue weighted by Crippen LogP contribution is 2.41. The minimum Gasteiger partial charge on any atom is -0.374 e. The van der Waals surface area contributed by atoms with Crippen LogP contribution in [0.3, 0.4) is 0 Å². The fraction of sp³-hybridized carbons (Fsp3) is 0.538. The van der Waals surface area contributed by atoms with Crippen LogP contribution in [0.2, 0.25) is 5.02 Å². The van der Waals surface area contributed by atoms with Crippen molar-refractivity contribution in [2.24, 2.45) is 5.92 Å². The molecule has 0 amide bonds. The number of hydrogen-bond acceptors (Lipinski definition) is 2. The first-order valence-electron chi connectivity index (χ1n) is 5.97.